The molecule has 2 nitrogen and oxygen atoms in total. The standard InChI is InChI=1S/C9H8O2S/c10-8-4-3-7(2-1-5-12)6-9(8)11/h3-4,6,10-12H,5H2. The summed E-state index contributed by atoms with van der Waals surface area (Å²) in [7, 11) is 0. The monoisotopic (exact) mass is 180 g/mol. The van der Waals surface area contributed by atoms with Gasteiger partial charge in [0.25, 0.3) is 0 Å². The van der Waals surface area contributed by atoms with Crippen molar-refractivity contribution in [2.75, 3.05) is 5.75 Å². The summed E-state index contributed by atoms with van der Waals surface area (Å²) in [5.74, 6) is 5.69. The zero-order chi connectivity index (χ0) is 8.97. The van der Waals surface area contributed by atoms with E-state index in [1.807, 2.05) is 0 Å². The molecule has 0 spiro atoms. The fraction of sp³-hybridized carbons (Fsp3) is 0.111. The number of phenolic OH excluding ortho intramolecular Hbond substituents is 2. The maximum atomic E-state index is 9.06. The molecule has 0 unspecified atom stereocenters. The highest BCUT2D eigenvalue weighted by Crippen LogP contribution is 2.24. The van der Waals surface area contributed by atoms with Crippen LogP contribution in [0, 0.1) is 11.8 Å². The van der Waals surface area contributed by atoms with Crippen molar-refractivity contribution in [1.29, 1.82) is 0 Å². The number of rotatable bonds is 0. The normalized spacial score (nSPS) is 8.75. The van der Waals surface area contributed by atoms with Crippen LogP contribution in [0.25, 0.3) is 0 Å². The third-order valence-corrected chi connectivity index (χ3v) is 1.45. The van der Waals surface area contributed by atoms with Gasteiger partial charge in [-0.3, -0.25) is 0 Å². The predicted octanol–water partition coefficient (Wildman–Crippen LogP) is 1.38. The van der Waals surface area contributed by atoms with Gasteiger partial charge in [0.05, 0.1) is 5.75 Å². The number of benzene rings is 1. The van der Waals surface area contributed by atoms with Gasteiger partial charge in [-0.25, -0.2) is 0 Å². The molecule has 3 heteroatoms. The topological polar surface area (TPSA) is 40.5 Å². The Hall–Kier alpha value is -1.27. The Morgan fingerprint density at radius 3 is 2.58 bits per heavy atom. The van der Waals surface area contributed by atoms with E-state index in [4.69, 9.17) is 10.2 Å². The van der Waals surface area contributed by atoms with Crippen LogP contribution in [-0.2, 0) is 0 Å². The summed E-state index contributed by atoms with van der Waals surface area (Å²) < 4.78 is 0. The summed E-state index contributed by atoms with van der Waals surface area (Å²) in [4.78, 5) is 0. The number of hydrogen-bond donors (Lipinski definition) is 3. The first-order valence-electron chi connectivity index (χ1n) is 3.36. The fourth-order valence-corrected chi connectivity index (χ4v) is 0.822. The number of aromatic hydroxyl groups is 2. The van der Waals surface area contributed by atoms with Gasteiger partial charge in [0, 0.05) is 5.56 Å². The third kappa shape index (κ3) is 2.11. The van der Waals surface area contributed by atoms with Crippen molar-refractivity contribution in [1.82, 2.24) is 0 Å². The minimum atomic E-state index is -0.152. The van der Waals surface area contributed by atoms with Gasteiger partial charge in [-0.15, -0.1) is 0 Å². The molecule has 0 heterocycles. The van der Waals surface area contributed by atoms with Crippen LogP contribution in [0.1, 0.15) is 5.56 Å². The maximum Gasteiger partial charge on any atom is 0.158 e. The maximum absolute atomic E-state index is 9.06. The van der Waals surface area contributed by atoms with Crippen molar-refractivity contribution in [2.24, 2.45) is 0 Å². The highest BCUT2D eigenvalue weighted by Gasteiger charge is 1.96. The zero-order valence-electron chi connectivity index (χ0n) is 6.28. The highest BCUT2D eigenvalue weighted by atomic mass is 32.1. The Bertz CT molecular complexity index is 336. The van der Waals surface area contributed by atoms with Crippen molar-refractivity contribution < 1.29 is 10.2 Å². The first-order chi connectivity index (χ1) is 5.74. The molecule has 0 saturated carbocycles. The van der Waals surface area contributed by atoms with Crippen LogP contribution in [-0.4, -0.2) is 16.0 Å². The van der Waals surface area contributed by atoms with Crippen molar-refractivity contribution in [3.05, 3.63) is 23.8 Å². The lowest BCUT2D eigenvalue weighted by atomic mass is 10.2. The van der Waals surface area contributed by atoms with Gasteiger partial charge in [-0.2, -0.15) is 12.6 Å². The van der Waals surface area contributed by atoms with Crippen LogP contribution in [0.15, 0.2) is 18.2 Å². The van der Waals surface area contributed by atoms with Gasteiger partial charge < -0.3 is 10.2 Å². The van der Waals surface area contributed by atoms with Crippen molar-refractivity contribution in [2.45, 2.75) is 0 Å². The van der Waals surface area contributed by atoms with Gasteiger partial charge in [-0.1, -0.05) is 11.8 Å². The van der Waals surface area contributed by atoms with E-state index in [1.165, 1.54) is 12.1 Å². The van der Waals surface area contributed by atoms with Crippen molar-refractivity contribution in [3.63, 3.8) is 0 Å². The van der Waals surface area contributed by atoms with Crippen LogP contribution in [0.5, 0.6) is 11.5 Å². The molecule has 1 rings (SSSR count). The van der Waals surface area contributed by atoms with E-state index in [-0.39, 0.29) is 11.5 Å². The largest absolute Gasteiger partial charge is 0.504 e. The molecule has 1 aromatic carbocycles. The average Bonchev–Trinajstić information content (AvgIpc) is 2.07. The Balaban J connectivity index is 2.97. The molecular formula is C9H8O2S. The molecule has 0 amide bonds. The van der Waals surface area contributed by atoms with Gasteiger partial charge in [0.15, 0.2) is 11.5 Å². The quantitative estimate of drug-likeness (QED) is 0.321. The summed E-state index contributed by atoms with van der Waals surface area (Å²) in [5.41, 5.74) is 0.666. The first-order valence-corrected chi connectivity index (χ1v) is 3.99. The second-order valence-electron chi connectivity index (χ2n) is 2.16. The molecule has 0 atom stereocenters. The van der Waals surface area contributed by atoms with E-state index in [0.717, 1.165) is 0 Å². The summed E-state index contributed by atoms with van der Waals surface area (Å²) in [5, 5.41) is 18.0. The molecule has 0 saturated heterocycles. The molecule has 0 bridgehead atoms. The van der Waals surface area contributed by atoms with Crippen LogP contribution in [0.2, 0.25) is 0 Å². The fourth-order valence-electron chi connectivity index (χ4n) is 0.743. The van der Waals surface area contributed by atoms with E-state index in [2.05, 4.69) is 24.5 Å². The molecule has 0 aliphatic rings. The Labute approximate surface area is 76.3 Å². The molecule has 12 heavy (non-hydrogen) atoms. The summed E-state index contributed by atoms with van der Waals surface area (Å²) in [6.45, 7) is 0. The second kappa shape index (κ2) is 3.93. The van der Waals surface area contributed by atoms with E-state index in [9.17, 15) is 0 Å². The van der Waals surface area contributed by atoms with E-state index in [0.29, 0.717) is 11.3 Å². The summed E-state index contributed by atoms with van der Waals surface area (Å²) in [6.07, 6.45) is 0. The van der Waals surface area contributed by atoms with Crippen molar-refractivity contribution >= 4 is 12.6 Å². The lowest BCUT2D eigenvalue weighted by Crippen LogP contribution is -1.74. The SMILES string of the molecule is Oc1ccc(C#CCS)cc1O. The molecule has 0 aliphatic carbocycles. The van der Waals surface area contributed by atoms with E-state index in [1.54, 1.807) is 6.07 Å². The Morgan fingerprint density at radius 2 is 2.00 bits per heavy atom. The zero-order valence-corrected chi connectivity index (χ0v) is 7.18. The van der Waals surface area contributed by atoms with Gasteiger partial charge in [-0.05, 0) is 18.2 Å². The second-order valence-corrected chi connectivity index (χ2v) is 2.48. The Kier molecular flexibility index (Phi) is 2.89. The Morgan fingerprint density at radius 1 is 1.25 bits per heavy atom. The smallest absolute Gasteiger partial charge is 0.158 e. The van der Waals surface area contributed by atoms with Crippen LogP contribution in [0.4, 0.5) is 0 Å². The molecule has 0 aliphatic heterocycles. The molecule has 0 aromatic heterocycles. The molecule has 1 aromatic rings. The lowest BCUT2D eigenvalue weighted by Gasteiger charge is -1.95. The highest BCUT2D eigenvalue weighted by molar-refractivity contribution is 7.80. The van der Waals surface area contributed by atoms with Crippen LogP contribution >= 0.6 is 12.6 Å². The molecule has 0 radical (unpaired) electrons. The van der Waals surface area contributed by atoms with E-state index >= 15 is 0 Å². The third-order valence-electron chi connectivity index (χ3n) is 1.29. The van der Waals surface area contributed by atoms with Gasteiger partial charge in [0.1, 0.15) is 0 Å². The molecular weight excluding hydrogens is 172 g/mol. The van der Waals surface area contributed by atoms with E-state index < -0.39 is 0 Å². The lowest BCUT2D eigenvalue weighted by molar-refractivity contribution is 0.403. The van der Waals surface area contributed by atoms with Gasteiger partial charge >= 0.3 is 0 Å². The first kappa shape index (κ1) is 8.82. The van der Waals surface area contributed by atoms with Gasteiger partial charge in [0.2, 0.25) is 0 Å². The number of thiol groups is 1. The predicted molar refractivity (Wildman–Crippen MR) is 50.5 cm³/mol. The van der Waals surface area contributed by atoms with Crippen LogP contribution in [0.3, 0.4) is 0 Å². The number of hydrogen-bond acceptors (Lipinski definition) is 3. The minimum absolute atomic E-state index is 0.133. The summed E-state index contributed by atoms with van der Waals surface area (Å²) in [6, 6.07) is 4.44. The van der Waals surface area contributed by atoms with Crippen molar-refractivity contribution in [3.8, 4) is 23.3 Å². The molecule has 62 valence electrons. The number of phenols is 2. The van der Waals surface area contributed by atoms with Crippen LogP contribution < -0.4 is 0 Å². The molecule has 2 N–H and O–H groups in total. The molecule has 0 fully saturated rings. The summed E-state index contributed by atoms with van der Waals surface area (Å²) >= 11 is 3.91. The minimum Gasteiger partial charge on any atom is -0.504 e. The average molecular weight is 180 g/mol.